The molecule has 0 bridgehead atoms. The molecule has 1 unspecified atom stereocenters. The molecule has 2 N–H and O–H groups in total. The van der Waals surface area contributed by atoms with Crippen molar-refractivity contribution in [2.45, 2.75) is 13.0 Å². The molecule has 38 heavy (non-hydrogen) atoms. The second kappa shape index (κ2) is 10.2. The monoisotopic (exact) mass is 516 g/mol. The third-order valence-corrected chi connectivity index (χ3v) is 6.12. The Kier molecular flexibility index (Phi) is 6.65. The topological polar surface area (TPSA) is 112 Å². The normalized spacial score (nSPS) is 14.4. The van der Waals surface area contributed by atoms with E-state index >= 15 is 0 Å². The Hall–Kier alpha value is -4.93. The lowest BCUT2D eigenvalue weighted by Gasteiger charge is -2.29. The van der Waals surface area contributed by atoms with Gasteiger partial charge >= 0.3 is 0 Å². The molecular weight excluding hydrogens is 491 g/mol. The summed E-state index contributed by atoms with van der Waals surface area (Å²) in [6.07, 6.45) is 3.19. The van der Waals surface area contributed by atoms with Crippen molar-refractivity contribution in [3.8, 4) is 28.6 Å². The van der Waals surface area contributed by atoms with Gasteiger partial charge in [0.25, 0.3) is 5.91 Å². The van der Waals surface area contributed by atoms with Crippen molar-refractivity contribution in [3.05, 3.63) is 83.6 Å². The van der Waals surface area contributed by atoms with Crippen LogP contribution in [0.2, 0.25) is 0 Å². The lowest BCUT2D eigenvalue weighted by molar-refractivity contribution is -0.113. The van der Waals surface area contributed by atoms with Crippen LogP contribution in [0.1, 0.15) is 18.5 Å². The molecule has 1 aliphatic rings. The van der Waals surface area contributed by atoms with E-state index in [1.807, 2.05) is 0 Å². The zero-order chi connectivity index (χ0) is 26.8. The summed E-state index contributed by atoms with van der Waals surface area (Å²) in [4.78, 5) is 22.4. The van der Waals surface area contributed by atoms with E-state index in [-0.39, 0.29) is 11.7 Å². The quantitative estimate of drug-likeness (QED) is 0.371. The number of nitrogens with zero attached hydrogens (tertiary/aromatic N) is 4. The molecule has 2 aromatic carbocycles. The first kappa shape index (κ1) is 24.8. The van der Waals surface area contributed by atoms with Crippen molar-refractivity contribution in [2.75, 3.05) is 32.0 Å². The molecule has 0 aliphatic carbocycles. The first-order valence-corrected chi connectivity index (χ1v) is 11.6. The molecule has 0 spiro atoms. The molecule has 4 aromatic rings. The second-order valence-electron chi connectivity index (χ2n) is 8.43. The highest BCUT2D eigenvalue weighted by Gasteiger charge is 2.36. The average Bonchev–Trinajstić information content (AvgIpc) is 3.35. The maximum atomic E-state index is 13.7. The van der Waals surface area contributed by atoms with Gasteiger partial charge in [-0.25, -0.2) is 9.07 Å². The van der Waals surface area contributed by atoms with Gasteiger partial charge in [0.05, 0.1) is 38.8 Å². The fraction of sp³-hybridized carbons (Fsp3) is 0.185. The Labute approximate surface area is 218 Å². The van der Waals surface area contributed by atoms with Crippen molar-refractivity contribution in [1.29, 1.82) is 0 Å². The van der Waals surface area contributed by atoms with E-state index in [4.69, 9.17) is 19.3 Å². The molecular formula is C27H25FN6O4. The third-order valence-electron chi connectivity index (χ3n) is 6.12. The SMILES string of the molecule is COc1cc(C2C(C(=O)Nc3cccnc3)=C(C)Nc3nc(-c4ccc(F)cc4)nn32)cc(OC)c1OC. The Balaban J connectivity index is 1.67. The Morgan fingerprint density at radius 2 is 1.76 bits per heavy atom. The zero-order valence-corrected chi connectivity index (χ0v) is 21.2. The van der Waals surface area contributed by atoms with Crippen molar-refractivity contribution in [2.24, 2.45) is 0 Å². The summed E-state index contributed by atoms with van der Waals surface area (Å²) < 4.78 is 31.8. The molecule has 1 atom stereocenters. The Morgan fingerprint density at radius 1 is 1.05 bits per heavy atom. The van der Waals surface area contributed by atoms with Crippen LogP contribution in [-0.2, 0) is 4.79 Å². The smallest absolute Gasteiger partial charge is 0.255 e. The van der Waals surface area contributed by atoms with Gasteiger partial charge in [-0.2, -0.15) is 4.98 Å². The van der Waals surface area contributed by atoms with Crippen LogP contribution >= 0.6 is 0 Å². The van der Waals surface area contributed by atoms with E-state index in [0.717, 1.165) is 0 Å². The maximum Gasteiger partial charge on any atom is 0.255 e. The van der Waals surface area contributed by atoms with Crippen LogP contribution in [0.3, 0.4) is 0 Å². The highest BCUT2D eigenvalue weighted by Crippen LogP contribution is 2.44. The number of ether oxygens (including phenoxy) is 3. The van der Waals surface area contributed by atoms with Gasteiger partial charge in [-0.15, -0.1) is 5.10 Å². The number of amides is 1. The molecule has 0 saturated heterocycles. The predicted molar refractivity (Wildman–Crippen MR) is 139 cm³/mol. The fourth-order valence-electron chi connectivity index (χ4n) is 4.37. The number of benzene rings is 2. The number of carbonyl (C=O) groups excluding carboxylic acids is 1. The first-order valence-electron chi connectivity index (χ1n) is 11.6. The van der Waals surface area contributed by atoms with Crippen LogP contribution in [0.5, 0.6) is 17.2 Å². The van der Waals surface area contributed by atoms with Crippen molar-refractivity contribution < 1.29 is 23.4 Å². The van der Waals surface area contributed by atoms with Crippen molar-refractivity contribution >= 4 is 17.5 Å². The Bertz CT molecular complexity index is 1490. The predicted octanol–water partition coefficient (Wildman–Crippen LogP) is 4.43. The fourth-order valence-corrected chi connectivity index (χ4v) is 4.37. The molecule has 1 aliphatic heterocycles. The molecule has 194 valence electrons. The minimum atomic E-state index is -0.724. The molecule has 2 aromatic heterocycles. The van der Waals surface area contributed by atoms with Crippen LogP contribution in [0.4, 0.5) is 16.0 Å². The van der Waals surface area contributed by atoms with Gasteiger partial charge < -0.3 is 24.8 Å². The van der Waals surface area contributed by atoms with Crippen molar-refractivity contribution in [3.63, 3.8) is 0 Å². The van der Waals surface area contributed by atoms with E-state index in [0.29, 0.717) is 57.1 Å². The zero-order valence-electron chi connectivity index (χ0n) is 21.2. The number of carbonyl (C=O) groups is 1. The number of hydrogen-bond donors (Lipinski definition) is 2. The van der Waals surface area contributed by atoms with Gasteiger partial charge in [0.2, 0.25) is 11.7 Å². The maximum absolute atomic E-state index is 13.7. The minimum Gasteiger partial charge on any atom is -0.493 e. The van der Waals surface area contributed by atoms with Gasteiger partial charge in [-0.05, 0) is 61.0 Å². The number of aromatic nitrogens is 4. The number of hydrogen-bond acceptors (Lipinski definition) is 8. The van der Waals surface area contributed by atoms with Gasteiger partial charge in [0.1, 0.15) is 11.9 Å². The number of halogens is 1. The number of anilines is 2. The summed E-state index contributed by atoms with van der Waals surface area (Å²) in [5.41, 5.74) is 2.78. The summed E-state index contributed by atoms with van der Waals surface area (Å²) in [6, 6.07) is 12.2. The van der Waals surface area contributed by atoms with E-state index in [1.165, 1.54) is 33.5 Å². The van der Waals surface area contributed by atoms with Gasteiger partial charge in [0.15, 0.2) is 17.3 Å². The first-order chi connectivity index (χ1) is 18.4. The van der Waals surface area contributed by atoms with E-state index in [2.05, 4.69) is 20.6 Å². The number of pyridine rings is 1. The number of rotatable bonds is 7. The van der Waals surface area contributed by atoms with E-state index in [1.54, 1.807) is 60.4 Å². The average molecular weight is 517 g/mol. The van der Waals surface area contributed by atoms with E-state index < -0.39 is 6.04 Å². The number of nitrogens with one attached hydrogen (secondary N) is 2. The van der Waals surface area contributed by atoms with Gasteiger partial charge in [-0.1, -0.05) is 0 Å². The molecule has 3 heterocycles. The molecule has 0 radical (unpaired) electrons. The summed E-state index contributed by atoms with van der Waals surface area (Å²) in [7, 11) is 4.56. The summed E-state index contributed by atoms with van der Waals surface area (Å²) in [5.74, 6) is 1.32. The molecule has 0 saturated carbocycles. The number of methoxy groups -OCH3 is 3. The van der Waals surface area contributed by atoms with Gasteiger partial charge in [0, 0.05) is 17.5 Å². The second-order valence-corrected chi connectivity index (χ2v) is 8.43. The van der Waals surface area contributed by atoms with Crippen molar-refractivity contribution in [1.82, 2.24) is 19.7 Å². The highest BCUT2D eigenvalue weighted by molar-refractivity contribution is 6.06. The minimum absolute atomic E-state index is 0.355. The molecule has 0 fully saturated rings. The Morgan fingerprint density at radius 3 is 2.37 bits per heavy atom. The molecule has 11 heteroatoms. The molecule has 1 amide bonds. The third kappa shape index (κ3) is 4.49. The van der Waals surface area contributed by atoms with E-state index in [9.17, 15) is 9.18 Å². The standard InChI is InChI=1S/C27H25FN6O4/c1-15-22(26(35)31-19-6-5-11-29-14-19)23(17-12-20(36-2)24(38-4)21(13-17)37-3)34-27(30-15)32-25(33-34)16-7-9-18(28)10-8-16/h5-14,23H,1-4H3,(H,31,35)(H,30,32,33). The highest BCUT2D eigenvalue weighted by atomic mass is 19.1. The summed E-state index contributed by atoms with van der Waals surface area (Å²) in [6.45, 7) is 1.79. The molecule has 10 nitrogen and oxygen atoms in total. The van der Waals surface area contributed by atoms with Crippen LogP contribution in [-0.4, -0.2) is 47.0 Å². The summed E-state index contributed by atoms with van der Waals surface area (Å²) in [5, 5.41) is 10.8. The lowest BCUT2D eigenvalue weighted by Crippen LogP contribution is -2.31. The van der Waals surface area contributed by atoms with Gasteiger partial charge in [-0.3, -0.25) is 9.78 Å². The number of fused-ring (bicyclic) bond motifs is 1. The molecule has 5 rings (SSSR count). The van der Waals surface area contributed by atoms with Crippen LogP contribution in [0.15, 0.2) is 72.2 Å². The van der Waals surface area contributed by atoms with Crippen LogP contribution in [0, 0.1) is 5.82 Å². The van der Waals surface area contributed by atoms with Crippen LogP contribution in [0.25, 0.3) is 11.4 Å². The lowest BCUT2D eigenvalue weighted by atomic mass is 9.94. The number of allylic oxidation sites excluding steroid dienone is 1. The largest absolute Gasteiger partial charge is 0.493 e. The summed E-state index contributed by atoms with van der Waals surface area (Å²) >= 11 is 0. The van der Waals surface area contributed by atoms with Crippen LogP contribution < -0.4 is 24.8 Å².